The van der Waals surface area contributed by atoms with Crippen LogP contribution >= 0.6 is 11.6 Å². The number of aromatic nitrogens is 3. The van der Waals surface area contributed by atoms with Crippen LogP contribution in [-0.2, 0) is 16.8 Å². The van der Waals surface area contributed by atoms with Crippen LogP contribution in [-0.4, -0.2) is 25.6 Å². The largest absolute Gasteiger partial charge is 0.480 e. The van der Waals surface area contributed by atoms with Gasteiger partial charge in [0.25, 0.3) is 0 Å². The van der Waals surface area contributed by atoms with Crippen LogP contribution in [0.2, 0.25) is 5.02 Å². The van der Waals surface area contributed by atoms with Crippen molar-refractivity contribution in [3.63, 3.8) is 0 Å². The molecular weight excluding hydrogens is 278 g/mol. The predicted octanol–water partition coefficient (Wildman–Crippen LogP) is 3.25. The van der Waals surface area contributed by atoms with E-state index < -0.39 is 11.5 Å². The van der Waals surface area contributed by atoms with Gasteiger partial charge in [0, 0.05) is 12.6 Å². The van der Waals surface area contributed by atoms with Crippen molar-refractivity contribution in [1.29, 1.82) is 0 Å². The lowest BCUT2D eigenvalue weighted by Crippen LogP contribution is -2.37. The standard InChI is InChI=1S/C14H18ClN3O2/c1-4-5-6-11-17-10-7-9(15)8-16-12(10)18(11)14(2,3)13(19)20/h7-8H,4-6H2,1-3H3,(H,19,20). The van der Waals surface area contributed by atoms with E-state index in [0.29, 0.717) is 16.2 Å². The van der Waals surface area contributed by atoms with E-state index in [0.717, 1.165) is 25.1 Å². The van der Waals surface area contributed by atoms with Crippen molar-refractivity contribution >= 4 is 28.7 Å². The molecule has 0 spiro atoms. The SMILES string of the molecule is CCCCc1nc2cc(Cl)cnc2n1C(C)(C)C(=O)O. The first-order valence-corrected chi connectivity index (χ1v) is 7.02. The molecule has 108 valence electrons. The first-order chi connectivity index (χ1) is 9.37. The molecule has 2 aromatic rings. The topological polar surface area (TPSA) is 68.0 Å². The van der Waals surface area contributed by atoms with Gasteiger partial charge in [0.1, 0.15) is 16.9 Å². The van der Waals surface area contributed by atoms with Gasteiger partial charge >= 0.3 is 5.97 Å². The maximum atomic E-state index is 11.6. The predicted molar refractivity (Wildman–Crippen MR) is 78.1 cm³/mol. The first kappa shape index (κ1) is 14.8. The second-order valence-corrected chi connectivity index (χ2v) is 5.76. The van der Waals surface area contributed by atoms with Gasteiger partial charge in [-0.15, -0.1) is 0 Å². The van der Waals surface area contributed by atoms with Crippen LogP contribution in [0, 0.1) is 0 Å². The Morgan fingerprint density at radius 1 is 1.50 bits per heavy atom. The molecule has 20 heavy (non-hydrogen) atoms. The molecule has 0 aliphatic heterocycles. The lowest BCUT2D eigenvalue weighted by atomic mass is 10.1. The number of unbranched alkanes of at least 4 members (excludes halogenated alkanes) is 1. The molecule has 0 aliphatic rings. The molecule has 2 aromatic heterocycles. The zero-order valence-electron chi connectivity index (χ0n) is 11.9. The molecule has 6 heteroatoms. The maximum absolute atomic E-state index is 11.6. The number of carboxylic acid groups (broad SMARTS) is 1. The number of fused-ring (bicyclic) bond motifs is 1. The number of hydrogen-bond acceptors (Lipinski definition) is 3. The molecule has 0 atom stereocenters. The summed E-state index contributed by atoms with van der Waals surface area (Å²) in [5, 5.41) is 9.97. The minimum absolute atomic E-state index is 0.498. The van der Waals surface area contributed by atoms with Crippen molar-refractivity contribution in [3.8, 4) is 0 Å². The van der Waals surface area contributed by atoms with Gasteiger partial charge in [0.2, 0.25) is 0 Å². The molecule has 0 amide bonds. The Labute approximate surface area is 122 Å². The fourth-order valence-corrected chi connectivity index (χ4v) is 2.32. The van der Waals surface area contributed by atoms with Crippen molar-refractivity contribution in [1.82, 2.24) is 14.5 Å². The van der Waals surface area contributed by atoms with E-state index in [1.807, 2.05) is 0 Å². The van der Waals surface area contributed by atoms with Gasteiger partial charge in [-0.2, -0.15) is 0 Å². The summed E-state index contributed by atoms with van der Waals surface area (Å²) in [6, 6.07) is 1.72. The third-order valence-electron chi connectivity index (χ3n) is 3.37. The number of imidazole rings is 1. The van der Waals surface area contributed by atoms with Crippen molar-refractivity contribution < 1.29 is 9.90 Å². The first-order valence-electron chi connectivity index (χ1n) is 6.64. The molecule has 0 saturated heterocycles. The third kappa shape index (κ3) is 2.50. The monoisotopic (exact) mass is 295 g/mol. The number of pyridine rings is 1. The third-order valence-corrected chi connectivity index (χ3v) is 3.58. The zero-order chi connectivity index (χ0) is 14.9. The molecular formula is C14H18ClN3O2. The number of aryl methyl sites for hydroxylation is 1. The van der Waals surface area contributed by atoms with Crippen LogP contribution < -0.4 is 0 Å². The molecule has 2 rings (SSSR count). The number of halogens is 1. The van der Waals surface area contributed by atoms with E-state index in [4.69, 9.17) is 11.6 Å². The van der Waals surface area contributed by atoms with Crippen LogP contribution in [0.3, 0.4) is 0 Å². The second kappa shape index (κ2) is 5.40. The molecule has 0 aliphatic carbocycles. The summed E-state index contributed by atoms with van der Waals surface area (Å²) in [5.41, 5.74) is 0.101. The minimum Gasteiger partial charge on any atom is -0.480 e. The maximum Gasteiger partial charge on any atom is 0.329 e. The molecule has 2 heterocycles. The summed E-state index contributed by atoms with van der Waals surface area (Å²) in [6.45, 7) is 5.40. The number of rotatable bonds is 5. The average Bonchev–Trinajstić information content (AvgIpc) is 2.73. The van der Waals surface area contributed by atoms with Gasteiger partial charge in [-0.05, 0) is 26.3 Å². The molecule has 0 unspecified atom stereocenters. The summed E-state index contributed by atoms with van der Waals surface area (Å²) < 4.78 is 1.71. The van der Waals surface area contributed by atoms with Gasteiger partial charge in [0.05, 0.1) is 5.02 Å². The Hall–Kier alpha value is -1.62. The van der Waals surface area contributed by atoms with Crippen LogP contribution in [0.15, 0.2) is 12.3 Å². The highest BCUT2D eigenvalue weighted by molar-refractivity contribution is 6.31. The highest BCUT2D eigenvalue weighted by Gasteiger charge is 2.33. The molecule has 0 radical (unpaired) electrons. The van der Waals surface area contributed by atoms with Crippen molar-refractivity contribution in [2.24, 2.45) is 0 Å². The van der Waals surface area contributed by atoms with Crippen LogP contribution in [0.25, 0.3) is 11.2 Å². The molecule has 0 fully saturated rings. The molecule has 5 nitrogen and oxygen atoms in total. The van der Waals surface area contributed by atoms with E-state index in [1.165, 1.54) is 6.20 Å². The quantitative estimate of drug-likeness (QED) is 0.919. The highest BCUT2D eigenvalue weighted by Crippen LogP contribution is 2.27. The van der Waals surface area contributed by atoms with Gasteiger partial charge in [-0.1, -0.05) is 24.9 Å². The molecule has 0 bridgehead atoms. The van der Waals surface area contributed by atoms with Crippen molar-refractivity contribution in [2.75, 3.05) is 0 Å². The summed E-state index contributed by atoms with van der Waals surface area (Å²) in [7, 11) is 0. The average molecular weight is 296 g/mol. The number of nitrogens with zero attached hydrogens (tertiary/aromatic N) is 3. The van der Waals surface area contributed by atoms with Crippen LogP contribution in [0.4, 0.5) is 0 Å². The van der Waals surface area contributed by atoms with E-state index in [2.05, 4.69) is 16.9 Å². The smallest absolute Gasteiger partial charge is 0.329 e. The van der Waals surface area contributed by atoms with E-state index in [-0.39, 0.29) is 0 Å². The van der Waals surface area contributed by atoms with Crippen LogP contribution in [0.5, 0.6) is 0 Å². The summed E-state index contributed by atoms with van der Waals surface area (Å²) in [6.07, 6.45) is 4.21. The molecule has 0 saturated carbocycles. The fourth-order valence-electron chi connectivity index (χ4n) is 2.17. The number of aliphatic carboxylic acids is 1. The van der Waals surface area contributed by atoms with Crippen molar-refractivity contribution in [2.45, 2.75) is 45.6 Å². The lowest BCUT2D eigenvalue weighted by Gasteiger charge is -2.24. The molecule has 0 aromatic carbocycles. The molecule has 1 N–H and O–H groups in total. The van der Waals surface area contributed by atoms with E-state index in [1.54, 1.807) is 24.5 Å². The Kier molecular flexibility index (Phi) is 3.99. The Balaban J connectivity index is 2.67. The van der Waals surface area contributed by atoms with E-state index >= 15 is 0 Å². The number of carboxylic acids is 1. The van der Waals surface area contributed by atoms with Gasteiger partial charge in [0.15, 0.2) is 5.65 Å². The highest BCUT2D eigenvalue weighted by atomic mass is 35.5. The fraction of sp³-hybridized carbons (Fsp3) is 0.500. The summed E-state index contributed by atoms with van der Waals surface area (Å²) >= 11 is 5.93. The van der Waals surface area contributed by atoms with E-state index in [9.17, 15) is 9.90 Å². The Bertz CT molecular complexity index is 649. The van der Waals surface area contributed by atoms with Crippen molar-refractivity contribution in [3.05, 3.63) is 23.1 Å². The second-order valence-electron chi connectivity index (χ2n) is 5.33. The number of carbonyl (C=O) groups is 1. The Morgan fingerprint density at radius 3 is 2.80 bits per heavy atom. The van der Waals surface area contributed by atoms with Crippen LogP contribution in [0.1, 0.15) is 39.4 Å². The normalized spacial score (nSPS) is 12.0. The Morgan fingerprint density at radius 2 is 2.20 bits per heavy atom. The summed E-state index contributed by atoms with van der Waals surface area (Å²) in [5.74, 6) is -0.171. The van der Waals surface area contributed by atoms with Gasteiger partial charge in [-0.3, -0.25) is 4.57 Å². The van der Waals surface area contributed by atoms with Gasteiger partial charge < -0.3 is 5.11 Å². The lowest BCUT2D eigenvalue weighted by molar-refractivity contribution is -0.145. The van der Waals surface area contributed by atoms with Gasteiger partial charge in [-0.25, -0.2) is 14.8 Å². The number of hydrogen-bond donors (Lipinski definition) is 1. The zero-order valence-corrected chi connectivity index (χ0v) is 12.6. The summed E-state index contributed by atoms with van der Waals surface area (Å²) in [4.78, 5) is 20.3. The minimum atomic E-state index is -1.10.